The monoisotopic (exact) mass is 446 g/mol. The van der Waals surface area contributed by atoms with Crippen molar-refractivity contribution in [2.24, 2.45) is 0 Å². The van der Waals surface area contributed by atoms with Crippen molar-refractivity contribution in [3.63, 3.8) is 0 Å². The van der Waals surface area contributed by atoms with E-state index in [1.54, 1.807) is 29.9 Å². The summed E-state index contributed by atoms with van der Waals surface area (Å²) in [4.78, 5) is 20.8. The van der Waals surface area contributed by atoms with Crippen molar-refractivity contribution < 1.29 is 14.3 Å². The van der Waals surface area contributed by atoms with E-state index in [1.807, 2.05) is 6.07 Å². The van der Waals surface area contributed by atoms with Gasteiger partial charge in [0.15, 0.2) is 0 Å². The third kappa shape index (κ3) is 3.81. The van der Waals surface area contributed by atoms with Gasteiger partial charge in [-0.25, -0.2) is 14.5 Å². The minimum Gasteiger partial charge on any atom is -0.479 e. The normalized spacial score (nSPS) is 11.1. The summed E-state index contributed by atoms with van der Waals surface area (Å²) in [7, 11) is 1.51. The second-order valence-electron chi connectivity index (χ2n) is 6.21. The number of nitrogens with zero attached hydrogens (tertiary/aromatic N) is 6. The highest BCUT2D eigenvalue weighted by atomic mass is 35.5. The number of rotatable bonds is 6. The minimum absolute atomic E-state index is 0.240. The SMILES string of the molecule is CCOC(=O)c1cnn(-c2nc(OC)c3c(cnn3Cc3ccc(Cl)c(Cl)c3)n2)c1. The van der Waals surface area contributed by atoms with Crippen LogP contribution in [0.5, 0.6) is 5.88 Å². The average molecular weight is 447 g/mol. The Morgan fingerprint density at radius 3 is 2.70 bits per heavy atom. The molecule has 30 heavy (non-hydrogen) atoms. The Bertz CT molecular complexity index is 1240. The van der Waals surface area contributed by atoms with E-state index in [0.29, 0.717) is 39.1 Å². The molecule has 0 aliphatic heterocycles. The fourth-order valence-corrected chi connectivity index (χ4v) is 3.20. The minimum atomic E-state index is -0.466. The van der Waals surface area contributed by atoms with Crippen LogP contribution in [0.4, 0.5) is 0 Å². The smallest absolute Gasteiger partial charge is 0.341 e. The molecule has 0 aliphatic carbocycles. The molecule has 0 unspecified atom stereocenters. The van der Waals surface area contributed by atoms with Gasteiger partial charge in [0, 0.05) is 6.20 Å². The van der Waals surface area contributed by atoms with Gasteiger partial charge in [-0.1, -0.05) is 29.3 Å². The molecule has 0 bridgehead atoms. The third-order valence-corrected chi connectivity index (χ3v) is 4.99. The van der Waals surface area contributed by atoms with Crippen LogP contribution in [0.15, 0.2) is 36.8 Å². The summed E-state index contributed by atoms with van der Waals surface area (Å²) >= 11 is 12.1. The van der Waals surface area contributed by atoms with E-state index in [4.69, 9.17) is 32.7 Å². The molecule has 0 saturated carbocycles. The zero-order chi connectivity index (χ0) is 21.3. The first-order valence-corrected chi connectivity index (χ1v) is 9.69. The lowest BCUT2D eigenvalue weighted by Crippen LogP contribution is -2.07. The lowest BCUT2D eigenvalue weighted by Gasteiger charge is -2.09. The Labute approximate surface area is 181 Å². The highest BCUT2D eigenvalue weighted by molar-refractivity contribution is 6.42. The molecule has 1 aromatic carbocycles. The number of hydrogen-bond acceptors (Lipinski definition) is 7. The average Bonchev–Trinajstić information content (AvgIpc) is 3.38. The lowest BCUT2D eigenvalue weighted by molar-refractivity contribution is 0.0526. The molecule has 0 radical (unpaired) electrons. The van der Waals surface area contributed by atoms with Gasteiger partial charge in [-0.05, 0) is 24.6 Å². The maximum Gasteiger partial charge on any atom is 0.341 e. The number of carbonyl (C=O) groups is 1. The Hall–Kier alpha value is -3.17. The molecule has 0 amide bonds. The van der Waals surface area contributed by atoms with Crippen LogP contribution >= 0.6 is 23.2 Å². The van der Waals surface area contributed by atoms with Crippen LogP contribution in [0.3, 0.4) is 0 Å². The molecule has 4 aromatic rings. The van der Waals surface area contributed by atoms with Crippen molar-refractivity contribution in [1.29, 1.82) is 0 Å². The second kappa shape index (κ2) is 8.29. The highest BCUT2D eigenvalue weighted by Gasteiger charge is 2.17. The summed E-state index contributed by atoms with van der Waals surface area (Å²) < 4.78 is 13.5. The number of benzene rings is 1. The number of aromatic nitrogens is 6. The maximum atomic E-state index is 11.9. The fraction of sp³-hybridized carbons (Fsp3) is 0.211. The quantitative estimate of drug-likeness (QED) is 0.417. The zero-order valence-electron chi connectivity index (χ0n) is 16.0. The summed E-state index contributed by atoms with van der Waals surface area (Å²) in [6.45, 7) is 2.44. The summed E-state index contributed by atoms with van der Waals surface area (Å²) in [5.74, 6) is 0.0935. The van der Waals surface area contributed by atoms with Crippen LogP contribution in [0, 0.1) is 0 Å². The van der Waals surface area contributed by atoms with Crippen molar-refractivity contribution >= 4 is 40.2 Å². The van der Waals surface area contributed by atoms with Crippen molar-refractivity contribution in [3.05, 3.63) is 58.0 Å². The first kappa shape index (κ1) is 20.1. The van der Waals surface area contributed by atoms with Crippen LogP contribution in [0.2, 0.25) is 10.0 Å². The highest BCUT2D eigenvalue weighted by Crippen LogP contribution is 2.26. The first-order valence-electron chi connectivity index (χ1n) is 8.93. The van der Waals surface area contributed by atoms with Crippen LogP contribution in [0.1, 0.15) is 22.8 Å². The second-order valence-corrected chi connectivity index (χ2v) is 7.03. The standard InChI is InChI=1S/C19H16Cl2N6O3/c1-3-30-18(28)12-7-22-27(10-12)19-24-15-8-23-26(16(15)17(25-19)29-2)9-11-4-5-13(20)14(21)6-11/h4-8,10H,3,9H2,1-2H3. The number of esters is 1. The molecule has 0 spiro atoms. The molecule has 9 nitrogen and oxygen atoms in total. The third-order valence-electron chi connectivity index (χ3n) is 4.25. The molecule has 0 saturated heterocycles. The van der Waals surface area contributed by atoms with Gasteiger partial charge < -0.3 is 9.47 Å². The number of hydrogen-bond donors (Lipinski definition) is 0. The van der Waals surface area contributed by atoms with E-state index in [-0.39, 0.29) is 12.6 Å². The number of ether oxygens (including phenoxy) is 2. The summed E-state index contributed by atoms with van der Waals surface area (Å²) in [5, 5.41) is 9.49. The largest absolute Gasteiger partial charge is 0.479 e. The number of methoxy groups -OCH3 is 1. The molecule has 11 heteroatoms. The van der Waals surface area contributed by atoms with E-state index >= 15 is 0 Å². The molecule has 3 heterocycles. The van der Waals surface area contributed by atoms with Gasteiger partial charge in [-0.2, -0.15) is 15.2 Å². The summed E-state index contributed by atoms with van der Waals surface area (Å²) in [5.41, 5.74) is 2.39. The Morgan fingerprint density at radius 2 is 1.97 bits per heavy atom. The molecule has 0 N–H and O–H groups in total. The molecule has 0 aliphatic rings. The molecule has 154 valence electrons. The number of fused-ring (bicyclic) bond motifs is 1. The van der Waals surface area contributed by atoms with Gasteiger partial charge in [0.2, 0.25) is 5.88 Å². The van der Waals surface area contributed by atoms with Gasteiger partial charge in [-0.15, -0.1) is 0 Å². The predicted octanol–water partition coefficient (Wildman–Crippen LogP) is 3.55. The summed E-state index contributed by atoms with van der Waals surface area (Å²) in [6.07, 6.45) is 4.50. The van der Waals surface area contributed by atoms with Crippen LogP contribution in [0.25, 0.3) is 17.0 Å². The Kier molecular flexibility index (Phi) is 5.56. The number of carbonyl (C=O) groups excluding carboxylic acids is 1. The van der Waals surface area contributed by atoms with Crippen molar-refractivity contribution in [2.75, 3.05) is 13.7 Å². The molecule has 3 aromatic heterocycles. The molecule has 0 fully saturated rings. The first-order chi connectivity index (χ1) is 14.5. The lowest BCUT2D eigenvalue weighted by atomic mass is 10.2. The van der Waals surface area contributed by atoms with E-state index in [2.05, 4.69) is 20.2 Å². The molecule has 0 atom stereocenters. The Morgan fingerprint density at radius 1 is 1.13 bits per heavy atom. The van der Waals surface area contributed by atoms with Gasteiger partial charge >= 0.3 is 5.97 Å². The van der Waals surface area contributed by atoms with E-state index in [9.17, 15) is 4.79 Å². The van der Waals surface area contributed by atoms with Crippen molar-refractivity contribution in [1.82, 2.24) is 29.5 Å². The molecular formula is C19H16Cl2N6O3. The summed E-state index contributed by atoms with van der Waals surface area (Å²) in [6, 6.07) is 5.37. The predicted molar refractivity (Wildman–Crippen MR) is 111 cm³/mol. The fourth-order valence-electron chi connectivity index (χ4n) is 2.88. The van der Waals surface area contributed by atoms with E-state index in [1.165, 1.54) is 24.2 Å². The van der Waals surface area contributed by atoms with Gasteiger partial charge in [0.1, 0.15) is 11.0 Å². The van der Waals surface area contributed by atoms with Crippen molar-refractivity contribution in [2.45, 2.75) is 13.5 Å². The topological polar surface area (TPSA) is 97.0 Å². The van der Waals surface area contributed by atoms with Crippen molar-refractivity contribution in [3.8, 4) is 11.8 Å². The Balaban J connectivity index is 1.71. The number of halogens is 2. The van der Waals surface area contributed by atoms with Gasteiger partial charge in [0.05, 0.1) is 48.3 Å². The van der Waals surface area contributed by atoms with Crippen LogP contribution in [-0.2, 0) is 11.3 Å². The maximum absolute atomic E-state index is 11.9. The van der Waals surface area contributed by atoms with Crippen LogP contribution < -0.4 is 4.74 Å². The van der Waals surface area contributed by atoms with Crippen LogP contribution in [-0.4, -0.2) is 49.2 Å². The molecular weight excluding hydrogens is 431 g/mol. The van der Waals surface area contributed by atoms with Gasteiger partial charge in [0.25, 0.3) is 5.95 Å². The van der Waals surface area contributed by atoms with E-state index < -0.39 is 5.97 Å². The molecule has 4 rings (SSSR count). The zero-order valence-corrected chi connectivity index (χ0v) is 17.6. The van der Waals surface area contributed by atoms with E-state index in [0.717, 1.165) is 5.56 Å². The van der Waals surface area contributed by atoms with Gasteiger partial charge in [-0.3, -0.25) is 4.68 Å².